The minimum absolute atomic E-state index is 0.297. The molecule has 0 spiro atoms. The molecule has 7 nitrogen and oxygen atoms in total. The Morgan fingerprint density at radius 3 is 2.58 bits per heavy atom. The highest BCUT2D eigenvalue weighted by atomic mass is 35.5. The van der Waals surface area contributed by atoms with Gasteiger partial charge in [0.15, 0.2) is 4.32 Å². The summed E-state index contributed by atoms with van der Waals surface area (Å²) in [4.78, 5) is 24.8. The maximum atomic E-state index is 12.9. The zero-order valence-corrected chi connectivity index (χ0v) is 18.3. The van der Waals surface area contributed by atoms with Crippen LogP contribution in [0.15, 0.2) is 57.9 Å². The van der Waals surface area contributed by atoms with E-state index in [1.54, 1.807) is 30.3 Å². The monoisotopic (exact) mass is 491 g/mol. The van der Waals surface area contributed by atoms with E-state index in [9.17, 15) is 20.0 Å². The number of benzene rings is 2. The summed E-state index contributed by atoms with van der Waals surface area (Å²) in [6, 6.07) is 11.7. The number of halogens is 2. The molecule has 2 heterocycles. The fraction of sp³-hybridized carbons (Fsp3) is 0. The maximum Gasteiger partial charge on any atom is 0.270 e. The second kappa shape index (κ2) is 8.35. The summed E-state index contributed by atoms with van der Waals surface area (Å²) in [5, 5.41) is 23.2. The predicted molar refractivity (Wildman–Crippen MR) is 122 cm³/mol. The fourth-order valence-corrected chi connectivity index (χ4v) is 4.41. The van der Waals surface area contributed by atoms with Gasteiger partial charge in [-0.2, -0.15) is 0 Å². The summed E-state index contributed by atoms with van der Waals surface area (Å²) in [6.07, 6.45) is 1.52. The van der Waals surface area contributed by atoms with Gasteiger partial charge in [-0.3, -0.25) is 19.8 Å². The molecule has 3 aromatic rings. The largest absolute Gasteiger partial charge is 0.868 e. The average molecular weight is 492 g/mol. The van der Waals surface area contributed by atoms with Crippen LogP contribution in [-0.2, 0) is 4.79 Å². The quantitative estimate of drug-likeness (QED) is 0.201. The highest BCUT2D eigenvalue weighted by Crippen LogP contribution is 2.38. The molecule has 0 saturated carbocycles. The molecule has 1 amide bonds. The Labute approximate surface area is 195 Å². The minimum atomic E-state index is -0.746. The number of carbonyl (C=O) groups is 1. The number of rotatable bonds is 4. The van der Waals surface area contributed by atoms with Gasteiger partial charge in [-0.05, 0) is 36.1 Å². The third-order valence-corrected chi connectivity index (χ3v) is 6.34. The number of carbonyl (C=O) groups excluding carboxylic acids is 1. The van der Waals surface area contributed by atoms with Crippen LogP contribution in [0.4, 0.5) is 11.4 Å². The fourth-order valence-electron chi connectivity index (χ4n) is 2.84. The van der Waals surface area contributed by atoms with Gasteiger partial charge in [0.1, 0.15) is 11.5 Å². The van der Waals surface area contributed by atoms with Gasteiger partial charge >= 0.3 is 0 Å². The SMILES string of the molecule is O=C1/C(=C\c2ccc(-c3ccc([O-])c([N+](=O)[O-])c3)o2)SC(=S)N1c1ccc(Cl)c(Cl)c1. The van der Waals surface area contributed by atoms with E-state index in [1.807, 2.05) is 0 Å². The Bertz CT molecular complexity index is 1290. The molecule has 1 aromatic heterocycles. The normalized spacial score (nSPS) is 15.2. The molecular weight excluding hydrogens is 483 g/mol. The van der Waals surface area contributed by atoms with Gasteiger partial charge in [0, 0.05) is 17.7 Å². The van der Waals surface area contributed by atoms with Crippen LogP contribution >= 0.6 is 47.2 Å². The van der Waals surface area contributed by atoms with E-state index < -0.39 is 16.4 Å². The van der Waals surface area contributed by atoms with Crippen molar-refractivity contribution in [2.45, 2.75) is 0 Å². The molecule has 0 N–H and O–H groups in total. The molecule has 31 heavy (non-hydrogen) atoms. The molecule has 0 aliphatic carbocycles. The second-order valence-electron chi connectivity index (χ2n) is 6.26. The van der Waals surface area contributed by atoms with Crippen LogP contribution in [0.5, 0.6) is 5.75 Å². The highest BCUT2D eigenvalue weighted by Gasteiger charge is 2.33. The summed E-state index contributed by atoms with van der Waals surface area (Å²) >= 11 is 18.4. The predicted octanol–water partition coefficient (Wildman–Crippen LogP) is 5.64. The van der Waals surface area contributed by atoms with Crippen molar-refractivity contribution in [3.8, 4) is 17.1 Å². The van der Waals surface area contributed by atoms with E-state index >= 15 is 0 Å². The molecule has 1 fully saturated rings. The van der Waals surface area contributed by atoms with Gasteiger partial charge in [0.25, 0.3) is 11.6 Å². The number of nitro benzene ring substituents is 1. The highest BCUT2D eigenvalue weighted by molar-refractivity contribution is 8.27. The lowest BCUT2D eigenvalue weighted by Crippen LogP contribution is -2.27. The number of nitro groups is 1. The van der Waals surface area contributed by atoms with Gasteiger partial charge < -0.3 is 9.52 Å². The van der Waals surface area contributed by atoms with Gasteiger partial charge in [-0.15, -0.1) is 0 Å². The Morgan fingerprint density at radius 1 is 1.10 bits per heavy atom. The van der Waals surface area contributed by atoms with Crippen LogP contribution in [0.1, 0.15) is 5.76 Å². The summed E-state index contributed by atoms with van der Waals surface area (Å²) in [7, 11) is 0. The average Bonchev–Trinajstić information content (AvgIpc) is 3.29. The third kappa shape index (κ3) is 4.17. The number of thiocarbonyl (C=S) groups is 1. The van der Waals surface area contributed by atoms with E-state index in [0.29, 0.717) is 42.0 Å². The van der Waals surface area contributed by atoms with Crippen LogP contribution in [0.2, 0.25) is 10.0 Å². The smallest absolute Gasteiger partial charge is 0.270 e. The van der Waals surface area contributed by atoms with Crippen LogP contribution in [0.3, 0.4) is 0 Å². The molecule has 156 valence electrons. The van der Waals surface area contributed by atoms with Crippen molar-refractivity contribution in [3.63, 3.8) is 0 Å². The first kappa shape index (κ1) is 21.4. The molecular formula is C20H9Cl2N2O5S2-. The Hall–Kier alpha value is -2.85. The van der Waals surface area contributed by atoms with Crippen molar-refractivity contribution < 1.29 is 19.2 Å². The molecule has 1 aliphatic heterocycles. The minimum Gasteiger partial charge on any atom is -0.868 e. The van der Waals surface area contributed by atoms with Crippen LogP contribution in [-0.4, -0.2) is 15.2 Å². The maximum absolute atomic E-state index is 12.9. The molecule has 0 bridgehead atoms. The number of anilines is 1. The number of furan rings is 1. The van der Waals surface area contributed by atoms with Crippen molar-refractivity contribution in [1.29, 1.82) is 0 Å². The van der Waals surface area contributed by atoms with Gasteiger partial charge in [-0.1, -0.05) is 59.3 Å². The number of thioether (sulfide) groups is 1. The van der Waals surface area contributed by atoms with E-state index in [2.05, 4.69) is 0 Å². The Balaban J connectivity index is 1.62. The summed E-state index contributed by atoms with van der Waals surface area (Å²) < 4.78 is 6.02. The van der Waals surface area contributed by atoms with Gasteiger partial charge in [0.2, 0.25) is 0 Å². The van der Waals surface area contributed by atoms with Crippen LogP contribution in [0, 0.1) is 10.1 Å². The lowest BCUT2D eigenvalue weighted by Gasteiger charge is -2.15. The zero-order valence-electron chi connectivity index (χ0n) is 15.2. The first-order chi connectivity index (χ1) is 14.7. The zero-order chi connectivity index (χ0) is 22.3. The molecule has 4 rings (SSSR count). The van der Waals surface area contributed by atoms with Gasteiger partial charge in [0.05, 0.1) is 25.6 Å². The number of hydrogen-bond donors (Lipinski definition) is 0. The lowest BCUT2D eigenvalue weighted by atomic mass is 10.1. The number of nitrogens with zero attached hydrogens (tertiary/aromatic N) is 2. The summed E-state index contributed by atoms with van der Waals surface area (Å²) in [5.41, 5.74) is 0.317. The van der Waals surface area contributed by atoms with Crippen molar-refractivity contribution in [3.05, 3.63) is 79.4 Å². The summed E-state index contributed by atoms with van der Waals surface area (Å²) in [6.45, 7) is 0. The van der Waals surface area contributed by atoms with Crippen LogP contribution < -0.4 is 10.0 Å². The number of hydrogen-bond acceptors (Lipinski definition) is 7. The first-order valence-corrected chi connectivity index (χ1v) is 10.5. The Morgan fingerprint density at radius 2 is 1.87 bits per heavy atom. The lowest BCUT2D eigenvalue weighted by molar-refractivity contribution is -0.398. The topological polar surface area (TPSA) is 99.6 Å². The van der Waals surface area contributed by atoms with E-state index in [4.69, 9.17) is 39.8 Å². The second-order valence-corrected chi connectivity index (χ2v) is 8.75. The van der Waals surface area contributed by atoms with Crippen molar-refractivity contribution in [1.82, 2.24) is 0 Å². The van der Waals surface area contributed by atoms with Crippen LogP contribution in [0.25, 0.3) is 17.4 Å². The molecule has 0 unspecified atom stereocenters. The van der Waals surface area contributed by atoms with E-state index in [0.717, 1.165) is 23.9 Å². The van der Waals surface area contributed by atoms with Crippen molar-refractivity contribution in [2.24, 2.45) is 0 Å². The van der Waals surface area contributed by atoms with Crippen molar-refractivity contribution >= 4 is 74.9 Å². The summed E-state index contributed by atoms with van der Waals surface area (Å²) in [5.74, 6) is -0.378. The first-order valence-electron chi connectivity index (χ1n) is 8.53. The van der Waals surface area contributed by atoms with Crippen molar-refractivity contribution in [2.75, 3.05) is 4.90 Å². The molecule has 11 heteroatoms. The molecule has 1 saturated heterocycles. The van der Waals surface area contributed by atoms with E-state index in [1.165, 1.54) is 17.0 Å². The van der Waals surface area contributed by atoms with Gasteiger partial charge in [-0.25, -0.2) is 0 Å². The molecule has 0 atom stereocenters. The molecule has 2 aromatic carbocycles. The number of amides is 1. The molecule has 0 radical (unpaired) electrons. The molecule has 1 aliphatic rings. The van der Waals surface area contributed by atoms with E-state index in [-0.39, 0.29) is 5.91 Å². The standard InChI is InChI=1S/C20H10Cl2N2O5S2/c21-13-4-2-11(8-14(13)22)23-19(26)18(31-20(23)30)9-12-3-6-17(29-12)10-1-5-16(25)15(7-10)24(27)28/h1-9,25H/p-1/b18-9+. The Kier molecular flexibility index (Phi) is 5.76. The third-order valence-electron chi connectivity index (χ3n) is 4.30.